The van der Waals surface area contributed by atoms with Crippen molar-refractivity contribution in [2.75, 3.05) is 54.0 Å². The Bertz CT molecular complexity index is 510. The summed E-state index contributed by atoms with van der Waals surface area (Å²) in [6, 6.07) is 0.148. The Morgan fingerprint density at radius 3 is 2.74 bits per heavy atom. The number of fused-ring (bicyclic) bond motifs is 1. The summed E-state index contributed by atoms with van der Waals surface area (Å²) in [5.41, 5.74) is 0. The third kappa shape index (κ3) is 3.84. The number of urea groups is 1. The van der Waals surface area contributed by atoms with Crippen molar-refractivity contribution in [3.05, 3.63) is 16.6 Å². The first-order chi connectivity index (χ1) is 11.1. The average Bonchev–Trinajstić information content (AvgIpc) is 2.95. The number of amides is 2. The van der Waals surface area contributed by atoms with Crippen LogP contribution in [0, 0.1) is 17.8 Å². The number of rotatable bonds is 7. The number of piperidine rings is 1. The van der Waals surface area contributed by atoms with Crippen LogP contribution in [0.25, 0.3) is 0 Å². The molecule has 3 rings (SSSR count). The third-order valence-corrected chi connectivity index (χ3v) is 5.71. The summed E-state index contributed by atoms with van der Waals surface area (Å²) in [7, 11) is 5.40. The fourth-order valence-corrected chi connectivity index (χ4v) is 4.29. The number of hydrogen-bond donors (Lipinski definition) is 0. The summed E-state index contributed by atoms with van der Waals surface area (Å²) in [4.78, 5) is 22.5. The van der Waals surface area contributed by atoms with E-state index in [1.54, 1.807) is 23.3 Å². The molecule has 6 nitrogen and oxygen atoms in total. The van der Waals surface area contributed by atoms with Gasteiger partial charge in [0.2, 0.25) is 0 Å². The Morgan fingerprint density at radius 2 is 2.17 bits per heavy atom. The van der Waals surface area contributed by atoms with Crippen LogP contribution in [0.15, 0.2) is 11.6 Å². The molecule has 1 saturated heterocycles. The molecule has 0 spiro atoms. The van der Waals surface area contributed by atoms with Crippen LogP contribution >= 0.6 is 11.3 Å². The second-order valence-electron chi connectivity index (χ2n) is 6.73. The van der Waals surface area contributed by atoms with E-state index in [0.717, 1.165) is 50.3 Å². The Labute approximate surface area is 142 Å². The van der Waals surface area contributed by atoms with Crippen LogP contribution < -0.4 is 0 Å². The summed E-state index contributed by atoms with van der Waals surface area (Å²) in [6.45, 7) is 5.51. The Hall–Kier alpha value is -1.18. The second kappa shape index (κ2) is 7.15. The van der Waals surface area contributed by atoms with Crippen LogP contribution in [-0.4, -0.2) is 79.7 Å². The normalized spacial score (nSPS) is 25.7. The van der Waals surface area contributed by atoms with E-state index in [4.69, 9.17) is 4.74 Å². The number of carbonyl (C=O) groups excluding carboxylic acids is 1. The molecule has 2 heterocycles. The molecule has 0 bridgehead atoms. The first kappa shape index (κ1) is 16.7. The van der Waals surface area contributed by atoms with Crippen LogP contribution in [0.2, 0.25) is 0 Å². The quantitative estimate of drug-likeness (QED) is 0.755. The molecule has 7 heteroatoms. The van der Waals surface area contributed by atoms with Crippen molar-refractivity contribution in [3.63, 3.8) is 0 Å². The van der Waals surface area contributed by atoms with Gasteiger partial charge in [-0.3, -0.25) is 4.90 Å². The summed E-state index contributed by atoms with van der Waals surface area (Å²) in [6.07, 6.45) is 1.87. The van der Waals surface area contributed by atoms with Crippen molar-refractivity contribution in [3.8, 4) is 0 Å². The van der Waals surface area contributed by atoms with Crippen molar-refractivity contribution in [2.24, 2.45) is 17.8 Å². The maximum Gasteiger partial charge on any atom is 0.319 e. The highest BCUT2D eigenvalue weighted by molar-refractivity contribution is 7.09. The SMILES string of the molecule is COCCN(Cc1nccs1)CC1C2CN(C(=O)N(C)C)CC12. The molecule has 1 aromatic heterocycles. The number of methoxy groups -OCH3 is 1. The van der Waals surface area contributed by atoms with Crippen LogP contribution in [-0.2, 0) is 11.3 Å². The lowest BCUT2D eigenvalue weighted by molar-refractivity contribution is 0.134. The number of thiazole rings is 1. The summed E-state index contributed by atoms with van der Waals surface area (Å²) >= 11 is 1.71. The van der Waals surface area contributed by atoms with Crippen molar-refractivity contribution in [1.82, 2.24) is 19.7 Å². The number of ether oxygens (including phenoxy) is 1. The predicted octanol–water partition coefficient (Wildman–Crippen LogP) is 1.45. The first-order valence-corrected chi connectivity index (χ1v) is 9.04. The highest BCUT2D eigenvalue weighted by Gasteiger charge is 2.56. The fraction of sp³-hybridized carbons (Fsp3) is 0.750. The minimum Gasteiger partial charge on any atom is -0.383 e. The molecule has 1 aromatic rings. The van der Waals surface area contributed by atoms with E-state index in [-0.39, 0.29) is 6.03 Å². The van der Waals surface area contributed by atoms with Crippen molar-refractivity contribution >= 4 is 17.4 Å². The molecular formula is C16H26N4O2S. The van der Waals surface area contributed by atoms with Gasteiger partial charge in [-0.25, -0.2) is 9.78 Å². The monoisotopic (exact) mass is 338 g/mol. The molecule has 1 aliphatic heterocycles. The van der Waals surface area contributed by atoms with Gasteiger partial charge in [-0.05, 0) is 17.8 Å². The smallest absolute Gasteiger partial charge is 0.319 e. The predicted molar refractivity (Wildman–Crippen MR) is 90.4 cm³/mol. The lowest BCUT2D eigenvalue weighted by atomic mass is 10.2. The zero-order chi connectivity index (χ0) is 16.4. The second-order valence-corrected chi connectivity index (χ2v) is 7.71. The molecule has 1 aliphatic carbocycles. The van der Waals surface area contributed by atoms with Gasteiger partial charge in [0.05, 0.1) is 13.2 Å². The van der Waals surface area contributed by atoms with Gasteiger partial charge < -0.3 is 14.5 Å². The number of nitrogens with zero attached hydrogens (tertiary/aromatic N) is 4. The average molecular weight is 338 g/mol. The van der Waals surface area contributed by atoms with E-state index in [2.05, 4.69) is 9.88 Å². The van der Waals surface area contributed by atoms with E-state index in [0.29, 0.717) is 11.8 Å². The molecule has 128 valence electrons. The van der Waals surface area contributed by atoms with Gasteiger partial charge in [-0.1, -0.05) is 0 Å². The van der Waals surface area contributed by atoms with E-state index in [1.807, 2.05) is 30.6 Å². The minimum atomic E-state index is 0.148. The number of aromatic nitrogens is 1. The Balaban J connectivity index is 1.50. The zero-order valence-electron chi connectivity index (χ0n) is 14.1. The van der Waals surface area contributed by atoms with E-state index in [1.165, 1.54) is 0 Å². The molecule has 2 amide bonds. The number of hydrogen-bond acceptors (Lipinski definition) is 5. The highest BCUT2D eigenvalue weighted by Crippen LogP contribution is 2.52. The van der Waals surface area contributed by atoms with Crippen LogP contribution in [0.4, 0.5) is 4.79 Å². The standard InChI is InChI=1S/C16H26N4O2S/c1-18(2)16(21)20-9-13-12(14(13)10-20)8-19(5-6-22-3)11-15-17-4-7-23-15/h4,7,12-14H,5-6,8-11H2,1-3H3. The van der Waals surface area contributed by atoms with Gasteiger partial charge in [0.1, 0.15) is 5.01 Å². The van der Waals surface area contributed by atoms with E-state index < -0.39 is 0 Å². The van der Waals surface area contributed by atoms with Gasteiger partial charge in [0.25, 0.3) is 0 Å². The van der Waals surface area contributed by atoms with Crippen LogP contribution in [0.3, 0.4) is 0 Å². The maximum atomic E-state index is 12.0. The van der Waals surface area contributed by atoms with Crippen molar-refractivity contribution in [1.29, 1.82) is 0 Å². The summed E-state index contributed by atoms with van der Waals surface area (Å²) in [5.74, 6) is 2.08. The summed E-state index contributed by atoms with van der Waals surface area (Å²) < 4.78 is 5.25. The zero-order valence-corrected chi connectivity index (χ0v) is 15.0. The summed E-state index contributed by atoms with van der Waals surface area (Å²) in [5, 5.41) is 3.19. The van der Waals surface area contributed by atoms with Gasteiger partial charge in [0, 0.05) is 59.0 Å². The topological polar surface area (TPSA) is 48.9 Å². The largest absolute Gasteiger partial charge is 0.383 e. The van der Waals surface area contributed by atoms with E-state index in [9.17, 15) is 4.79 Å². The Morgan fingerprint density at radius 1 is 1.43 bits per heavy atom. The Kier molecular flexibility index (Phi) is 5.18. The number of likely N-dealkylation sites (tertiary alicyclic amines) is 1. The molecule has 0 N–H and O–H groups in total. The molecule has 2 unspecified atom stereocenters. The highest BCUT2D eigenvalue weighted by atomic mass is 32.1. The molecule has 23 heavy (non-hydrogen) atoms. The lowest BCUT2D eigenvalue weighted by Crippen LogP contribution is -2.40. The third-order valence-electron chi connectivity index (χ3n) is 4.95. The van der Waals surface area contributed by atoms with Gasteiger partial charge >= 0.3 is 6.03 Å². The lowest BCUT2D eigenvalue weighted by Gasteiger charge is -2.26. The van der Waals surface area contributed by atoms with Gasteiger partial charge in [-0.2, -0.15) is 0 Å². The van der Waals surface area contributed by atoms with E-state index >= 15 is 0 Å². The molecule has 2 aliphatic rings. The molecule has 1 saturated carbocycles. The first-order valence-electron chi connectivity index (χ1n) is 8.16. The van der Waals surface area contributed by atoms with Gasteiger partial charge in [0.15, 0.2) is 0 Å². The fourth-order valence-electron chi connectivity index (χ4n) is 3.64. The van der Waals surface area contributed by atoms with Crippen molar-refractivity contribution in [2.45, 2.75) is 6.54 Å². The van der Waals surface area contributed by atoms with Gasteiger partial charge in [-0.15, -0.1) is 11.3 Å². The molecule has 0 aromatic carbocycles. The molecule has 2 fully saturated rings. The minimum absolute atomic E-state index is 0.148. The molecule has 2 atom stereocenters. The van der Waals surface area contributed by atoms with Crippen molar-refractivity contribution < 1.29 is 9.53 Å². The van der Waals surface area contributed by atoms with Crippen LogP contribution in [0.5, 0.6) is 0 Å². The molecule has 0 radical (unpaired) electrons. The number of carbonyl (C=O) groups is 1. The van der Waals surface area contributed by atoms with Crippen LogP contribution in [0.1, 0.15) is 5.01 Å². The maximum absolute atomic E-state index is 12.0. The molecular weight excluding hydrogens is 312 g/mol.